The van der Waals surface area contributed by atoms with Crippen LogP contribution in [-0.2, 0) is 6.54 Å². The zero-order chi connectivity index (χ0) is 13.8. The molecule has 100 valence electrons. The Morgan fingerprint density at radius 2 is 1.80 bits per heavy atom. The van der Waals surface area contributed by atoms with Crippen molar-refractivity contribution in [1.82, 2.24) is 15.3 Å². The summed E-state index contributed by atoms with van der Waals surface area (Å²) < 4.78 is 0. The van der Waals surface area contributed by atoms with E-state index in [9.17, 15) is 0 Å². The van der Waals surface area contributed by atoms with E-state index in [0.717, 1.165) is 6.54 Å². The quantitative estimate of drug-likeness (QED) is 0.783. The lowest BCUT2D eigenvalue weighted by Crippen LogP contribution is -2.18. The molecule has 1 atom stereocenters. The molecule has 0 unspecified atom stereocenters. The zero-order valence-electron chi connectivity index (χ0n) is 11.5. The second kappa shape index (κ2) is 5.80. The third kappa shape index (κ3) is 2.68. The Bertz CT molecular complexity index is 689. The summed E-state index contributed by atoms with van der Waals surface area (Å²) in [6, 6.07) is 12.8. The lowest BCUT2D eigenvalue weighted by molar-refractivity contribution is 0.576. The Hall–Kier alpha value is -2.26. The van der Waals surface area contributed by atoms with Crippen molar-refractivity contribution >= 4 is 10.8 Å². The van der Waals surface area contributed by atoms with E-state index < -0.39 is 0 Å². The molecule has 3 rings (SSSR count). The van der Waals surface area contributed by atoms with Crippen LogP contribution in [0, 0.1) is 0 Å². The van der Waals surface area contributed by atoms with Crippen LogP contribution in [0.2, 0.25) is 0 Å². The highest BCUT2D eigenvalue weighted by Gasteiger charge is 2.06. The summed E-state index contributed by atoms with van der Waals surface area (Å²) in [7, 11) is 0. The van der Waals surface area contributed by atoms with Gasteiger partial charge in [-0.25, -0.2) is 0 Å². The molecular formula is C17H17N3. The second-order valence-electron chi connectivity index (χ2n) is 4.90. The van der Waals surface area contributed by atoms with Crippen LogP contribution in [0.3, 0.4) is 0 Å². The maximum absolute atomic E-state index is 4.17. The van der Waals surface area contributed by atoms with E-state index >= 15 is 0 Å². The molecule has 0 amide bonds. The largest absolute Gasteiger partial charge is 0.306 e. The van der Waals surface area contributed by atoms with Crippen molar-refractivity contribution in [2.75, 3.05) is 0 Å². The van der Waals surface area contributed by atoms with Gasteiger partial charge in [0, 0.05) is 42.8 Å². The zero-order valence-corrected chi connectivity index (χ0v) is 11.5. The van der Waals surface area contributed by atoms with Crippen LogP contribution >= 0.6 is 0 Å². The van der Waals surface area contributed by atoms with Crippen molar-refractivity contribution in [2.24, 2.45) is 0 Å². The summed E-state index contributed by atoms with van der Waals surface area (Å²) >= 11 is 0. The fraction of sp³-hybridized carbons (Fsp3) is 0.176. The summed E-state index contributed by atoms with van der Waals surface area (Å²) in [5, 5.41) is 6.00. The Labute approximate surface area is 118 Å². The Morgan fingerprint density at radius 3 is 2.65 bits per heavy atom. The van der Waals surface area contributed by atoms with E-state index in [4.69, 9.17) is 0 Å². The summed E-state index contributed by atoms with van der Waals surface area (Å²) in [4.78, 5) is 8.22. The highest BCUT2D eigenvalue weighted by molar-refractivity contribution is 5.84. The van der Waals surface area contributed by atoms with E-state index in [0.29, 0.717) is 6.04 Å². The molecule has 0 spiro atoms. The standard InChI is InChI=1S/C17H17N3/c1-13(14-5-8-18-9-6-14)20-12-16-4-2-3-15-11-19-10-7-17(15)16/h2-11,13,20H,12H2,1H3/t13-/m0/s1. The van der Waals surface area contributed by atoms with Gasteiger partial charge in [-0.3, -0.25) is 9.97 Å². The van der Waals surface area contributed by atoms with Crippen LogP contribution in [0.1, 0.15) is 24.1 Å². The van der Waals surface area contributed by atoms with E-state index in [2.05, 4.69) is 46.5 Å². The lowest BCUT2D eigenvalue weighted by Gasteiger charge is -2.15. The van der Waals surface area contributed by atoms with Crippen LogP contribution in [0.25, 0.3) is 10.8 Å². The minimum absolute atomic E-state index is 0.301. The van der Waals surface area contributed by atoms with Crippen LogP contribution in [-0.4, -0.2) is 9.97 Å². The van der Waals surface area contributed by atoms with Gasteiger partial charge < -0.3 is 5.32 Å². The van der Waals surface area contributed by atoms with Gasteiger partial charge in [0.05, 0.1) is 0 Å². The van der Waals surface area contributed by atoms with Gasteiger partial charge in [-0.05, 0) is 41.6 Å². The van der Waals surface area contributed by atoms with Gasteiger partial charge in [0.2, 0.25) is 0 Å². The molecule has 3 heteroatoms. The monoisotopic (exact) mass is 263 g/mol. The highest BCUT2D eigenvalue weighted by atomic mass is 14.9. The average molecular weight is 263 g/mol. The average Bonchev–Trinajstić information content (AvgIpc) is 2.53. The SMILES string of the molecule is C[C@H](NCc1cccc2cnccc12)c1ccncc1. The third-order valence-corrected chi connectivity index (χ3v) is 3.58. The Balaban J connectivity index is 1.77. The number of nitrogens with one attached hydrogen (secondary N) is 1. The molecule has 2 aromatic heterocycles. The molecule has 0 aliphatic rings. The number of rotatable bonds is 4. The van der Waals surface area contributed by atoms with Gasteiger partial charge in [-0.2, -0.15) is 0 Å². The third-order valence-electron chi connectivity index (χ3n) is 3.58. The van der Waals surface area contributed by atoms with Crippen molar-refractivity contribution in [3.05, 3.63) is 72.3 Å². The van der Waals surface area contributed by atoms with E-state index in [1.807, 2.05) is 36.9 Å². The predicted molar refractivity (Wildman–Crippen MR) is 81.2 cm³/mol. The first-order valence-electron chi connectivity index (χ1n) is 6.79. The molecule has 0 saturated heterocycles. The molecule has 2 heterocycles. The summed E-state index contributed by atoms with van der Waals surface area (Å²) in [6.07, 6.45) is 7.41. The first kappa shape index (κ1) is 12.8. The molecule has 1 aromatic carbocycles. The normalized spacial score (nSPS) is 12.4. The van der Waals surface area contributed by atoms with Crippen molar-refractivity contribution in [3.8, 4) is 0 Å². The smallest absolute Gasteiger partial charge is 0.0346 e. The molecule has 1 N–H and O–H groups in total. The molecule has 0 aliphatic carbocycles. The lowest BCUT2D eigenvalue weighted by atomic mass is 10.1. The van der Waals surface area contributed by atoms with Crippen molar-refractivity contribution in [3.63, 3.8) is 0 Å². The Kier molecular flexibility index (Phi) is 3.70. The van der Waals surface area contributed by atoms with E-state index in [1.165, 1.54) is 21.9 Å². The number of benzene rings is 1. The minimum atomic E-state index is 0.301. The number of pyridine rings is 2. The van der Waals surface area contributed by atoms with Gasteiger partial charge >= 0.3 is 0 Å². The van der Waals surface area contributed by atoms with Crippen molar-refractivity contribution < 1.29 is 0 Å². The van der Waals surface area contributed by atoms with Crippen LogP contribution in [0.5, 0.6) is 0 Å². The molecule has 0 bridgehead atoms. The fourth-order valence-corrected chi connectivity index (χ4v) is 2.38. The van der Waals surface area contributed by atoms with E-state index in [-0.39, 0.29) is 0 Å². The molecule has 0 radical (unpaired) electrons. The second-order valence-corrected chi connectivity index (χ2v) is 4.90. The summed E-state index contributed by atoms with van der Waals surface area (Å²) in [6.45, 7) is 3.01. The number of aromatic nitrogens is 2. The van der Waals surface area contributed by atoms with Crippen LogP contribution < -0.4 is 5.32 Å². The molecular weight excluding hydrogens is 246 g/mol. The van der Waals surface area contributed by atoms with E-state index in [1.54, 1.807) is 0 Å². The molecule has 3 aromatic rings. The number of nitrogens with zero attached hydrogens (tertiary/aromatic N) is 2. The molecule has 0 saturated carbocycles. The summed E-state index contributed by atoms with van der Waals surface area (Å²) in [5.74, 6) is 0. The first-order chi connectivity index (χ1) is 9.84. The number of hydrogen-bond acceptors (Lipinski definition) is 3. The molecule has 0 aliphatic heterocycles. The van der Waals surface area contributed by atoms with Crippen LogP contribution in [0.4, 0.5) is 0 Å². The molecule has 3 nitrogen and oxygen atoms in total. The maximum Gasteiger partial charge on any atom is 0.0346 e. The van der Waals surface area contributed by atoms with Gasteiger partial charge in [0.1, 0.15) is 0 Å². The number of fused-ring (bicyclic) bond motifs is 1. The van der Waals surface area contributed by atoms with Crippen LogP contribution in [0.15, 0.2) is 61.2 Å². The molecule has 20 heavy (non-hydrogen) atoms. The van der Waals surface area contributed by atoms with Gasteiger partial charge in [0.15, 0.2) is 0 Å². The summed E-state index contributed by atoms with van der Waals surface area (Å²) in [5.41, 5.74) is 2.55. The maximum atomic E-state index is 4.17. The highest BCUT2D eigenvalue weighted by Crippen LogP contribution is 2.18. The Morgan fingerprint density at radius 1 is 1.00 bits per heavy atom. The fourth-order valence-electron chi connectivity index (χ4n) is 2.38. The van der Waals surface area contributed by atoms with Gasteiger partial charge in [-0.1, -0.05) is 18.2 Å². The molecule has 0 fully saturated rings. The first-order valence-corrected chi connectivity index (χ1v) is 6.79. The van der Waals surface area contributed by atoms with Gasteiger partial charge in [-0.15, -0.1) is 0 Å². The van der Waals surface area contributed by atoms with Gasteiger partial charge in [0.25, 0.3) is 0 Å². The number of hydrogen-bond donors (Lipinski definition) is 1. The minimum Gasteiger partial charge on any atom is -0.306 e. The van der Waals surface area contributed by atoms with Crippen molar-refractivity contribution in [1.29, 1.82) is 0 Å². The van der Waals surface area contributed by atoms with Crippen molar-refractivity contribution in [2.45, 2.75) is 19.5 Å². The predicted octanol–water partition coefficient (Wildman–Crippen LogP) is 3.48. The topological polar surface area (TPSA) is 37.8 Å².